The van der Waals surface area contributed by atoms with Crippen molar-refractivity contribution in [1.29, 1.82) is 5.26 Å². The van der Waals surface area contributed by atoms with Crippen molar-refractivity contribution < 1.29 is 0 Å². The van der Waals surface area contributed by atoms with E-state index < -0.39 is 6.71 Å². The lowest BCUT2D eigenvalue weighted by Crippen LogP contribution is -2.61. The summed E-state index contributed by atoms with van der Waals surface area (Å²) >= 11 is 3.76. The maximum Gasteiger partial charge on any atom is 0.252 e. The molecule has 17 aromatic carbocycles. The number of benzene rings is 17. The van der Waals surface area contributed by atoms with Crippen molar-refractivity contribution in [3.8, 4) is 67.6 Å². The van der Waals surface area contributed by atoms with E-state index in [2.05, 4.69) is 467 Å². The molecule has 0 fully saturated rings. The number of anilines is 6. The predicted molar refractivity (Wildman–Crippen MR) is 569 cm³/mol. The second kappa shape index (κ2) is 29.4. The summed E-state index contributed by atoms with van der Waals surface area (Å²) in [5, 5.41) is 22.9. The molecular weight excluding hydrogens is 1640 g/mol. The molecule has 0 atom stereocenters. The Balaban J connectivity index is 0.935. The largest absolute Gasteiger partial charge is 0.309 e. The van der Waals surface area contributed by atoms with Crippen LogP contribution in [-0.4, -0.2) is 20.4 Å². The molecule has 0 unspecified atom stereocenters. The van der Waals surface area contributed by atoms with Crippen LogP contribution < -0.4 is 26.2 Å². The van der Waals surface area contributed by atoms with Gasteiger partial charge in [-0.05, 0) is 232 Å². The number of thiophene rings is 2. The molecule has 0 spiro atoms. The van der Waals surface area contributed by atoms with Crippen LogP contribution in [0.25, 0.3) is 167 Å². The van der Waals surface area contributed by atoms with Crippen LogP contribution in [0.15, 0.2) is 340 Å². The number of nitrogens with zero attached hydrogens (tertiary/aromatic N) is 6. The van der Waals surface area contributed by atoms with Gasteiger partial charge in [0.25, 0.3) is 6.71 Å². The van der Waals surface area contributed by atoms with Gasteiger partial charge in [0.1, 0.15) is 0 Å². The summed E-state index contributed by atoms with van der Waals surface area (Å²) < 4.78 is 12.8. The van der Waals surface area contributed by atoms with Gasteiger partial charge in [0.2, 0.25) is 0 Å². The predicted octanol–water partition coefficient (Wildman–Crippen LogP) is 32.8. The summed E-state index contributed by atoms with van der Waals surface area (Å²) in [5.41, 5.74) is 34.5. The lowest BCUT2D eigenvalue weighted by atomic mass is 9.33. The molecule has 0 bridgehead atoms. The first-order valence-electron chi connectivity index (χ1n) is 46.5. The third-order valence-electron chi connectivity index (χ3n) is 28.6. The van der Waals surface area contributed by atoms with Crippen molar-refractivity contribution in [2.75, 3.05) is 9.80 Å². The molecule has 9 heteroatoms. The van der Waals surface area contributed by atoms with Crippen LogP contribution in [0.4, 0.5) is 34.1 Å². The fourth-order valence-corrected chi connectivity index (χ4v) is 24.0. The average molecular weight is 1740 g/mol. The molecule has 132 heavy (non-hydrogen) atoms. The minimum atomic E-state index is -0.405. The molecule has 22 aromatic rings. The van der Waals surface area contributed by atoms with Gasteiger partial charge in [0.05, 0.1) is 73.2 Å². The van der Waals surface area contributed by atoms with Gasteiger partial charge in [0, 0.05) is 107 Å². The van der Waals surface area contributed by atoms with Gasteiger partial charge in [-0.3, -0.25) is 0 Å². The maximum atomic E-state index is 11.1. The summed E-state index contributed by atoms with van der Waals surface area (Å²) in [6.07, 6.45) is 0. The standard InChI is InChI=1S/C123H101BN6S2/c1-119(2,3)79-52-57-104-94(66-79)93-59-73(72-125)47-55-103(93)126(104)84-70-108-116-109(71-84)130(118-96(91-39-30-46-113-115(91)92-53-51-80(120(4,5)6)69-114(92)132-113)67-83(123(13,14)15)68-110(118)128-101-42-26-21-35-88(101)89-36-22-27-43-102(89)128)107-64-76(74-31-17-16-18-32-74)48-54-97(107)124(116)98-63-75(78-60-81(121(7,8)9)65-82(61-78)122(10,11)12)49-56-105(98)129(108)117-85(77-50-58-112-95(62-77)90-37-23-28-45-111(90)131-112)38-29-44-106(117)127-99-40-24-19-33-86(99)87-34-20-25-41-100(87)127/h16-71H,1-15H3. The Kier molecular flexibility index (Phi) is 18.0. The van der Waals surface area contributed by atoms with Crippen molar-refractivity contribution in [1.82, 2.24) is 13.7 Å². The van der Waals surface area contributed by atoms with Crippen LogP contribution in [-0.2, 0) is 27.1 Å². The molecule has 5 aromatic heterocycles. The average Bonchev–Trinajstić information content (AvgIpc) is 1.02. The fourth-order valence-electron chi connectivity index (χ4n) is 21.7. The van der Waals surface area contributed by atoms with E-state index in [9.17, 15) is 5.26 Å². The summed E-state index contributed by atoms with van der Waals surface area (Å²) in [6.45, 7) is 34.9. The normalized spacial score (nSPS) is 13.2. The zero-order valence-electron chi connectivity index (χ0n) is 77.4. The SMILES string of the molecule is CC(C)(C)c1cc(-c2ccc3c(c2)B2c4ccc(-c5ccccc5)cc4N(c4c(-c5cccc6sc7cc(C(C)(C)C)ccc7c56)cc(C(C)(C)C)cc4-n4c5ccccc5c5ccccc54)c4cc(-n5c6ccc(C#N)cc6c6cc(C(C)(C)C)ccc65)cc(c42)N3c2c(-c3ccc4sc5ccccc5c4c3)cccc2-n2c3ccccc3c3ccccc32)cc(C(C)(C)C)c1. The van der Waals surface area contributed by atoms with Gasteiger partial charge in [-0.15, -0.1) is 22.7 Å². The van der Waals surface area contributed by atoms with Crippen LogP contribution in [0.3, 0.4) is 0 Å². The lowest BCUT2D eigenvalue weighted by Gasteiger charge is -2.46. The molecule has 2 aliphatic heterocycles. The molecule has 7 heterocycles. The molecular formula is C123H101BN6S2. The molecule has 6 nitrogen and oxygen atoms in total. The van der Waals surface area contributed by atoms with Gasteiger partial charge in [-0.1, -0.05) is 316 Å². The van der Waals surface area contributed by atoms with E-state index >= 15 is 0 Å². The highest BCUT2D eigenvalue weighted by Crippen LogP contribution is 2.58. The number of aromatic nitrogens is 3. The van der Waals surface area contributed by atoms with Gasteiger partial charge >= 0.3 is 0 Å². The van der Waals surface area contributed by atoms with Gasteiger partial charge in [-0.25, -0.2) is 0 Å². The second-order valence-corrected chi connectivity index (χ2v) is 44.1. The summed E-state index contributed by atoms with van der Waals surface area (Å²) in [7, 11) is 0. The van der Waals surface area contributed by atoms with E-state index in [4.69, 9.17) is 0 Å². The van der Waals surface area contributed by atoms with Gasteiger partial charge in [0.15, 0.2) is 0 Å². The topological polar surface area (TPSA) is 45.1 Å². The third kappa shape index (κ3) is 12.7. The Bertz CT molecular complexity index is 8580. The number of hydrogen-bond acceptors (Lipinski definition) is 5. The summed E-state index contributed by atoms with van der Waals surface area (Å²) in [4.78, 5) is 5.53. The zero-order chi connectivity index (χ0) is 90.2. The van der Waals surface area contributed by atoms with Crippen LogP contribution in [0.2, 0.25) is 0 Å². The third-order valence-corrected chi connectivity index (χ3v) is 30.8. The van der Waals surface area contributed by atoms with Crippen molar-refractivity contribution in [2.45, 2.75) is 131 Å². The Morgan fingerprint density at radius 3 is 1.38 bits per heavy atom. The van der Waals surface area contributed by atoms with Crippen LogP contribution in [0.1, 0.15) is 137 Å². The molecule has 0 saturated heterocycles. The first-order chi connectivity index (χ1) is 63.6. The smallest absolute Gasteiger partial charge is 0.252 e. The highest BCUT2D eigenvalue weighted by atomic mass is 32.1. The Morgan fingerprint density at radius 2 is 0.742 bits per heavy atom. The van der Waals surface area contributed by atoms with Crippen LogP contribution in [0.5, 0.6) is 0 Å². The van der Waals surface area contributed by atoms with Crippen LogP contribution in [0, 0.1) is 11.3 Å². The van der Waals surface area contributed by atoms with E-state index in [0.717, 1.165) is 134 Å². The highest BCUT2D eigenvalue weighted by Gasteiger charge is 2.47. The fraction of sp³-hybridized carbons (Fsp3) is 0.163. The first kappa shape index (κ1) is 81.0. The highest BCUT2D eigenvalue weighted by molar-refractivity contribution is 7.26. The van der Waals surface area contributed by atoms with E-state index in [1.165, 1.54) is 112 Å². The van der Waals surface area contributed by atoms with Crippen molar-refractivity contribution >= 4 is 186 Å². The lowest BCUT2D eigenvalue weighted by molar-refractivity contribution is 0.569. The van der Waals surface area contributed by atoms with E-state index in [1.807, 2.05) is 28.7 Å². The van der Waals surface area contributed by atoms with Crippen LogP contribution >= 0.6 is 22.7 Å². The Morgan fingerprint density at radius 1 is 0.250 bits per heavy atom. The molecule has 0 amide bonds. The minimum Gasteiger partial charge on any atom is -0.309 e. The summed E-state index contributed by atoms with van der Waals surface area (Å²) in [5.74, 6) is 0. The number of nitriles is 1. The zero-order valence-corrected chi connectivity index (χ0v) is 79.0. The Hall–Kier alpha value is -14.3. The molecule has 0 N–H and O–H groups in total. The summed E-state index contributed by atoms with van der Waals surface area (Å²) in [6, 6.07) is 134. The quantitative estimate of drug-likeness (QED) is 0.135. The van der Waals surface area contributed by atoms with Gasteiger partial charge in [-0.2, -0.15) is 5.26 Å². The van der Waals surface area contributed by atoms with E-state index in [-0.39, 0.29) is 27.1 Å². The van der Waals surface area contributed by atoms with Crippen molar-refractivity contribution in [3.63, 3.8) is 0 Å². The number of fused-ring (bicyclic) bond motifs is 19. The maximum absolute atomic E-state index is 11.1. The minimum absolute atomic E-state index is 0.0776. The molecule has 638 valence electrons. The van der Waals surface area contributed by atoms with E-state index in [0.29, 0.717) is 5.56 Å². The molecule has 0 saturated carbocycles. The Labute approximate surface area is 780 Å². The first-order valence-corrected chi connectivity index (χ1v) is 48.1. The monoisotopic (exact) mass is 1740 g/mol. The molecule has 2 aliphatic rings. The number of para-hydroxylation sites is 5. The van der Waals surface area contributed by atoms with Crippen molar-refractivity contribution in [2.24, 2.45) is 0 Å². The van der Waals surface area contributed by atoms with E-state index in [1.54, 1.807) is 0 Å². The van der Waals surface area contributed by atoms with Gasteiger partial charge < -0.3 is 23.5 Å². The van der Waals surface area contributed by atoms with Crippen molar-refractivity contribution in [3.05, 3.63) is 373 Å². The number of rotatable bonds is 9. The number of hydrogen-bond donors (Lipinski definition) is 0. The molecule has 24 rings (SSSR count). The second-order valence-electron chi connectivity index (χ2n) is 42.0. The molecule has 0 aliphatic carbocycles. The molecule has 0 radical (unpaired) electrons.